The average molecular weight is 531 g/mol. The van der Waals surface area contributed by atoms with Crippen molar-refractivity contribution in [2.45, 2.75) is 31.7 Å². The summed E-state index contributed by atoms with van der Waals surface area (Å²) >= 11 is 5.88. The highest BCUT2D eigenvalue weighted by Crippen LogP contribution is 2.33. The molecule has 0 bridgehead atoms. The Morgan fingerprint density at radius 1 is 0.583 bits per heavy atom. The smallest absolute Gasteiger partial charge is 0.166 e. The average Bonchev–Trinajstić information content (AvgIpc) is 2.93. The molecule has 36 heavy (non-hydrogen) atoms. The zero-order chi connectivity index (χ0) is 25.0. The minimum atomic E-state index is -0.719. The van der Waals surface area contributed by atoms with Gasteiger partial charge in [0.25, 0.3) is 0 Å². The third-order valence-corrected chi connectivity index (χ3v) is 8.74. The van der Waals surface area contributed by atoms with Crippen LogP contribution in [0.3, 0.4) is 0 Å². The first kappa shape index (κ1) is 26.5. The third kappa shape index (κ3) is 8.50. The summed E-state index contributed by atoms with van der Waals surface area (Å²) in [4.78, 5) is 4.27. The molecule has 0 aliphatic carbocycles. The predicted molar refractivity (Wildman–Crippen MR) is 158 cm³/mol. The standard InChI is InChI=1S/C30H30N2OS3/c33-29(31(21-25-13-5-1-6-14-25)22-26-15-7-2-8-16-26)35-36-30(34)32(23-27-17-9-3-10-18-27)24-28-19-11-4-12-20-28/h1-20,29,33H,21-24H2. The molecule has 0 aliphatic heterocycles. The van der Waals surface area contributed by atoms with Crippen molar-refractivity contribution in [2.75, 3.05) is 0 Å². The molecule has 1 unspecified atom stereocenters. The molecule has 0 fully saturated rings. The highest BCUT2D eigenvalue weighted by molar-refractivity contribution is 8.83. The lowest BCUT2D eigenvalue weighted by Gasteiger charge is -2.29. The summed E-state index contributed by atoms with van der Waals surface area (Å²) in [7, 11) is 2.86. The van der Waals surface area contributed by atoms with E-state index in [1.54, 1.807) is 0 Å². The fourth-order valence-electron chi connectivity index (χ4n) is 3.84. The van der Waals surface area contributed by atoms with Crippen LogP contribution in [0.2, 0.25) is 0 Å². The molecule has 4 aromatic carbocycles. The number of thiocarbonyl (C=S) groups is 1. The van der Waals surface area contributed by atoms with Gasteiger partial charge in [0, 0.05) is 26.2 Å². The van der Waals surface area contributed by atoms with E-state index in [0.29, 0.717) is 13.1 Å². The van der Waals surface area contributed by atoms with Crippen molar-refractivity contribution >= 4 is 38.1 Å². The number of aliphatic hydroxyl groups excluding tert-OH is 1. The molecule has 184 valence electrons. The van der Waals surface area contributed by atoms with Crippen LogP contribution in [0.15, 0.2) is 121 Å². The van der Waals surface area contributed by atoms with Gasteiger partial charge >= 0.3 is 0 Å². The van der Waals surface area contributed by atoms with Crippen LogP contribution in [0.5, 0.6) is 0 Å². The van der Waals surface area contributed by atoms with Crippen LogP contribution in [-0.4, -0.2) is 24.8 Å². The molecule has 1 N–H and O–H groups in total. The van der Waals surface area contributed by atoms with Crippen molar-refractivity contribution in [1.82, 2.24) is 9.80 Å². The SMILES string of the molecule is OC(SSC(=S)N(Cc1ccccc1)Cc1ccccc1)N(Cc1ccccc1)Cc1ccccc1. The van der Waals surface area contributed by atoms with Gasteiger partial charge in [0.15, 0.2) is 5.56 Å². The number of hydrogen-bond donors (Lipinski definition) is 1. The Balaban J connectivity index is 1.43. The summed E-state index contributed by atoms with van der Waals surface area (Å²) in [5.41, 5.74) is 4.02. The lowest BCUT2D eigenvalue weighted by molar-refractivity contribution is 0.0637. The number of aliphatic hydroxyl groups is 1. The summed E-state index contributed by atoms with van der Waals surface area (Å²) < 4.78 is 0.756. The Morgan fingerprint density at radius 2 is 0.917 bits per heavy atom. The largest absolute Gasteiger partial charge is 0.368 e. The minimum absolute atomic E-state index is 0.648. The van der Waals surface area contributed by atoms with Crippen LogP contribution < -0.4 is 0 Å². The molecular formula is C30H30N2OS3. The Hall–Kier alpha value is -2.61. The summed E-state index contributed by atoms with van der Waals surface area (Å²) in [6.45, 7) is 2.73. The lowest BCUT2D eigenvalue weighted by atomic mass is 10.2. The maximum atomic E-state index is 11.2. The highest BCUT2D eigenvalue weighted by atomic mass is 33.1. The van der Waals surface area contributed by atoms with Gasteiger partial charge in [-0.25, -0.2) is 0 Å². The van der Waals surface area contributed by atoms with Gasteiger partial charge in [0.2, 0.25) is 0 Å². The second-order valence-electron chi connectivity index (χ2n) is 8.48. The number of nitrogens with zero attached hydrogens (tertiary/aromatic N) is 2. The second kappa shape index (κ2) is 14.2. The summed E-state index contributed by atoms with van der Waals surface area (Å²) in [5.74, 6) is 0. The van der Waals surface area contributed by atoms with E-state index in [4.69, 9.17) is 12.2 Å². The molecule has 3 nitrogen and oxygen atoms in total. The van der Waals surface area contributed by atoms with Gasteiger partial charge in [0.1, 0.15) is 4.32 Å². The van der Waals surface area contributed by atoms with Crippen molar-refractivity contribution in [3.05, 3.63) is 144 Å². The first-order chi connectivity index (χ1) is 17.7. The van der Waals surface area contributed by atoms with Crippen LogP contribution in [0.25, 0.3) is 0 Å². The van der Waals surface area contributed by atoms with Gasteiger partial charge < -0.3 is 10.0 Å². The maximum Gasteiger partial charge on any atom is 0.166 e. The van der Waals surface area contributed by atoms with Gasteiger partial charge in [-0.1, -0.05) is 134 Å². The number of hydrogen-bond acceptors (Lipinski definition) is 5. The molecule has 0 heterocycles. The second-order valence-corrected chi connectivity index (χ2v) is 11.4. The molecule has 6 heteroatoms. The summed E-state index contributed by atoms with van der Waals surface area (Å²) in [5, 5.41) is 11.2. The molecule has 0 radical (unpaired) electrons. The molecule has 0 aromatic heterocycles. The molecule has 0 aliphatic rings. The molecule has 0 saturated carbocycles. The van der Waals surface area contributed by atoms with Gasteiger partial charge in [-0.2, -0.15) is 0 Å². The van der Waals surface area contributed by atoms with Crippen molar-refractivity contribution in [3.8, 4) is 0 Å². The van der Waals surface area contributed by atoms with Crippen LogP contribution in [-0.2, 0) is 26.2 Å². The van der Waals surface area contributed by atoms with Crippen LogP contribution >= 0.6 is 33.8 Å². The van der Waals surface area contributed by atoms with Crippen molar-refractivity contribution in [1.29, 1.82) is 0 Å². The minimum Gasteiger partial charge on any atom is -0.368 e. The Labute approximate surface area is 227 Å². The molecule has 0 amide bonds. The Kier molecular flexibility index (Phi) is 10.4. The summed E-state index contributed by atoms with van der Waals surface area (Å²) in [6.07, 6.45) is 0. The van der Waals surface area contributed by atoms with Gasteiger partial charge in [0.05, 0.1) is 0 Å². The van der Waals surface area contributed by atoms with E-state index in [2.05, 4.69) is 82.6 Å². The Morgan fingerprint density at radius 3 is 1.28 bits per heavy atom. The van der Waals surface area contributed by atoms with Crippen LogP contribution in [0.4, 0.5) is 0 Å². The molecule has 4 aromatic rings. The predicted octanol–water partition coefficient (Wildman–Crippen LogP) is 7.33. The van der Waals surface area contributed by atoms with Gasteiger partial charge in [-0.15, -0.1) is 0 Å². The van der Waals surface area contributed by atoms with Gasteiger partial charge in [-0.3, -0.25) is 4.90 Å². The summed E-state index contributed by atoms with van der Waals surface area (Å²) in [6, 6.07) is 41.3. The van der Waals surface area contributed by atoms with Crippen molar-refractivity contribution in [3.63, 3.8) is 0 Å². The molecule has 0 saturated heterocycles. The topological polar surface area (TPSA) is 26.7 Å². The van der Waals surface area contributed by atoms with Gasteiger partial charge in [-0.05, 0) is 43.8 Å². The quantitative estimate of drug-likeness (QED) is 0.124. The van der Waals surface area contributed by atoms with E-state index in [1.165, 1.54) is 32.7 Å². The van der Waals surface area contributed by atoms with Crippen LogP contribution in [0.1, 0.15) is 22.3 Å². The molecule has 0 spiro atoms. The first-order valence-corrected chi connectivity index (χ1v) is 14.5. The molecular weight excluding hydrogens is 501 g/mol. The lowest BCUT2D eigenvalue weighted by Crippen LogP contribution is -2.32. The number of benzene rings is 4. The van der Waals surface area contributed by atoms with E-state index >= 15 is 0 Å². The maximum absolute atomic E-state index is 11.2. The van der Waals surface area contributed by atoms with E-state index in [-0.39, 0.29) is 0 Å². The first-order valence-electron chi connectivity index (χ1n) is 11.9. The fraction of sp³-hybridized carbons (Fsp3) is 0.167. The van der Waals surface area contributed by atoms with E-state index < -0.39 is 5.56 Å². The zero-order valence-electron chi connectivity index (χ0n) is 20.0. The van der Waals surface area contributed by atoms with E-state index in [1.807, 2.05) is 48.5 Å². The Bertz CT molecular complexity index is 1100. The third-order valence-electron chi connectivity index (χ3n) is 5.67. The molecule has 4 rings (SSSR count). The van der Waals surface area contributed by atoms with E-state index in [9.17, 15) is 5.11 Å². The van der Waals surface area contributed by atoms with E-state index in [0.717, 1.165) is 28.5 Å². The molecule has 1 atom stereocenters. The normalized spacial score (nSPS) is 11.8. The fourth-order valence-corrected chi connectivity index (χ4v) is 6.18. The van der Waals surface area contributed by atoms with Crippen molar-refractivity contribution < 1.29 is 5.11 Å². The number of rotatable bonds is 11. The zero-order valence-corrected chi connectivity index (χ0v) is 22.5. The highest BCUT2D eigenvalue weighted by Gasteiger charge is 2.20. The van der Waals surface area contributed by atoms with Crippen molar-refractivity contribution in [2.24, 2.45) is 0 Å². The monoisotopic (exact) mass is 530 g/mol. The van der Waals surface area contributed by atoms with Crippen LogP contribution in [0, 0.1) is 0 Å².